The van der Waals surface area contributed by atoms with E-state index in [9.17, 15) is 9.59 Å². The Hall–Kier alpha value is -3.15. The van der Waals surface area contributed by atoms with Crippen LogP contribution in [0.2, 0.25) is 0 Å². The number of carbonyl (C=O) groups excluding carboxylic acids is 2. The molecule has 136 valence electrons. The first-order chi connectivity index (χ1) is 12.4. The summed E-state index contributed by atoms with van der Waals surface area (Å²) in [5.74, 6) is -0.672. The third-order valence-corrected chi connectivity index (χ3v) is 3.88. The molecule has 0 radical (unpaired) electrons. The number of hydrogen-bond acceptors (Lipinski definition) is 5. The lowest BCUT2D eigenvalue weighted by Gasteiger charge is -2.10. The summed E-state index contributed by atoms with van der Waals surface area (Å²) in [5.41, 5.74) is 10.1. The number of methoxy groups -OCH3 is 1. The van der Waals surface area contributed by atoms with Gasteiger partial charge in [-0.3, -0.25) is 0 Å². The summed E-state index contributed by atoms with van der Waals surface area (Å²) in [6.07, 6.45) is -0.687. The second-order valence-corrected chi connectivity index (χ2v) is 5.91. The number of carbonyl (C=O) groups is 2. The van der Waals surface area contributed by atoms with Gasteiger partial charge in [0.1, 0.15) is 12.3 Å². The number of nitrogen functional groups attached to an aromatic ring is 1. The van der Waals surface area contributed by atoms with E-state index in [2.05, 4.69) is 4.99 Å². The van der Waals surface area contributed by atoms with E-state index in [4.69, 9.17) is 15.2 Å². The van der Waals surface area contributed by atoms with Crippen molar-refractivity contribution < 1.29 is 19.1 Å². The maximum absolute atomic E-state index is 12.0. The van der Waals surface area contributed by atoms with Crippen molar-refractivity contribution in [2.45, 2.75) is 26.9 Å². The molecule has 0 heterocycles. The minimum Gasteiger partial charge on any atom is -0.465 e. The van der Waals surface area contributed by atoms with Crippen LogP contribution >= 0.6 is 0 Å². The van der Waals surface area contributed by atoms with Crippen LogP contribution in [0.4, 0.5) is 10.5 Å². The molecule has 0 saturated heterocycles. The SMILES string of the molecule is COC(=O)C(Cc1cc(C)c(N)c(C)c1)=NC(=O)OCc1ccccc1. The van der Waals surface area contributed by atoms with Crippen molar-refractivity contribution in [3.63, 3.8) is 0 Å². The van der Waals surface area contributed by atoms with Crippen molar-refractivity contribution >= 4 is 23.5 Å². The molecular formula is C20H22N2O4. The standard InChI is InChI=1S/C20H22N2O4/c1-13-9-16(10-14(2)18(13)21)11-17(19(23)25-3)22-20(24)26-12-15-7-5-4-6-8-15/h4-10H,11-12,21H2,1-3H3. The fraction of sp³-hybridized carbons (Fsp3) is 0.250. The number of nitrogens with zero attached hydrogens (tertiary/aromatic N) is 1. The fourth-order valence-electron chi connectivity index (χ4n) is 2.50. The average Bonchev–Trinajstić information content (AvgIpc) is 2.64. The Kier molecular flexibility index (Phi) is 6.49. The number of aryl methyl sites for hydroxylation is 2. The van der Waals surface area contributed by atoms with Gasteiger partial charge in [-0.1, -0.05) is 42.5 Å². The second kappa shape index (κ2) is 8.80. The van der Waals surface area contributed by atoms with Gasteiger partial charge in [-0.05, 0) is 36.1 Å². The Morgan fingerprint density at radius 3 is 2.23 bits per heavy atom. The highest BCUT2D eigenvalue weighted by atomic mass is 16.5. The first-order valence-corrected chi connectivity index (χ1v) is 8.13. The van der Waals surface area contributed by atoms with Crippen LogP contribution in [0.1, 0.15) is 22.3 Å². The number of amides is 1. The van der Waals surface area contributed by atoms with Gasteiger partial charge in [0, 0.05) is 12.1 Å². The van der Waals surface area contributed by atoms with E-state index in [1.165, 1.54) is 7.11 Å². The maximum atomic E-state index is 12.0. The van der Waals surface area contributed by atoms with Crippen molar-refractivity contribution in [1.82, 2.24) is 0 Å². The molecule has 0 aliphatic rings. The van der Waals surface area contributed by atoms with Crippen LogP contribution in [-0.2, 0) is 27.3 Å². The zero-order valence-corrected chi connectivity index (χ0v) is 15.1. The van der Waals surface area contributed by atoms with Crippen molar-refractivity contribution in [3.05, 3.63) is 64.7 Å². The van der Waals surface area contributed by atoms with Crippen molar-refractivity contribution in [2.24, 2.45) is 4.99 Å². The van der Waals surface area contributed by atoms with E-state index < -0.39 is 12.1 Å². The van der Waals surface area contributed by atoms with Gasteiger partial charge in [-0.15, -0.1) is 0 Å². The molecular weight excluding hydrogens is 332 g/mol. The van der Waals surface area contributed by atoms with Crippen LogP contribution in [0.15, 0.2) is 47.5 Å². The van der Waals surface area contributed by atoms with Gasteiger partial charge in [0.15, 0.2) is 0 Å². The zero-order valence-electron chi connectivity index (χ0n) is 15.1. The average molecular weight is 354 g/mol. The lowest BCUT2D eigenvalue weighted by Crippen LogP contribution is -2.20. The van der Waals surface area contributed by atoms with E-state index in [1.807, 2.05) is 56.3 Å². The second-order valence-electron chi connectivity index (χ2n) is 5.91. The van der Waals surface area contributed by atoms with Gasteiger partial charge in [0.25, 0.3) is 0 Å². The number of ether oxygens (including phenoxy) is 2. The molecule has 6 nitrogen and oxygen atoms in total. The number of anilines is 1. The Bertz CT molecular complexity index is 806. The van der Waals surface area contributed by atoms with E-state index in [0.717, 1.165) is 22.3 Å². The topological polar surface area (TPSA) is 91.0 Å². The molecule has 0 aliphatic carbocycles. The summed E-state index contributed by atoms with van der Waals surface area (Å²) in [4.78, 5) is 27.8. The van der Waals surface area contributed by atoms with Crippen molar-refractivity contribution in [1.29, 1.82) is 0 Å². The van der Waals surface area contributed by atoms with Crippen LogP contribution in [0.3, 0.4) is 0 Å². The molecule has 0 bridgehead atoms. The number of benzene rings is 2. The van der Waals surface area contributed by atoms with E-state index in [-0.39, 0.29) is 18.7 Å². The molecule has 2 N–H and O–H groups in total. The smallest absolute Gasteiger partial charge is 0.434 e. The Morgan fingerprint density at radius 1 is 1.04 bits per heavy atom. The first kappa shape index (κ1) is 19.2. The molecule has 0 unspecified atom stereocenters. The van der Waals surface area contributed by atoms with Crippen LogP contribution in [-0.4, -0.2) is 24.9 Å². The van der Waals surface area contributed by atoms with Gasteiger partial charge in [0.05, 0.1) is 7.11 Å². The van der Waals surface area contributed by atoms with E-state index in [0.29, 0.717) is 5.69 Å². The Labute approximate surface area is 152 Å². The Balaban J connectivity index is 2.14. The van der Waals surface area contributed by atoms with Crippen LogP contribution in [0.25, 0.3) is 0 Å². The third kappa shape index (κ3) is 5.17. The van der Waals surface area contributed by atoms with Crippen LogP contribution < -0.4 is 5.73 Å². The number of rotatable bonds is 5. The summed E-state index contributed by atoms with van der Waals surface area (Å²) >= 11 is 0. The van der Waals surface area contributed by atoms with Gasteiger partial charge >= 0.3 is 12.1 Å². The lowest BCUT2D eigenvalue weighted by molar-refractivity contribution is -0.132. The largest absolute Gasteiger partial charge is 0.465 e. The summed E-state index contributed by atoms with van der Waals surface area (Å²) in [5, 5.41) is 0. The molecule has 2 rings (SSSR count). The highest BCUT2D eigenvalue weighted by Crippen LogP contribution is 2.19. The minimum absolute atomic E-state index is 0.0193. The van der Waals surface area contributed by atoms with Crippen molar-refractivity contribution in [3.8, 4) is 0 Å². The fourth-order valence-corrected chi connectivity index (χ4v) is 2.50. The number of aliphatic imine (C=N–C) groups is 1. The van der Waals surface area contributed by atoms with Crippen LogP contribution in [0, 0.1) is 13.8 Å². The molecule has 0 saturated carbocycles. The highest BCUT2D eigenvalue weighted by molar-refractivity contribution is 6.38. The first-order valence-electron chi connectivity index (χ1n) is 8.13. The van der Waals surface area contributed by atoms with Gasteiger partial charge < -0.3 is 15.2 Å². The quantitative estimate of drug-likeness (QED) is 0.505. The van der Waals surface area contributed by atoms with Gasteiger partial charge in [-0.25, -0.2) is 9.59 Å². The molecule has 0 spiro atoms. The third-order valence-electron chi connectivity index (χ3n) is 3.88. The monoisotopic (exact) mass is 354 g/mol. The normalized spacial score (nSPS) is 11.1. The molecule has 1 amide bonds. The highest BCUT2D eigenvalue weighted by Gasteiger charge is 2.16. The molecule has 0 aliphatic heterocycles. The predicted octanol–water partition coefficient (Wildman–Crippen LogP) is 3.38. The minimum atomic E-state index is -0.835. The number of nitrogens with two attached hydrogens (primary N) is 1. The van der Waals surface area contributed by atoms with Crippen molar-refractivity contribution in [2.75, 3.05) is 12.8 Å². The van der Waals surface area contributed by atoms with E-state index >= 15 is 0 Å². The maximum Gasteiger partial charge on any atom is 0.434 e. The number of esters is 1. The summed E-state index contributed by atoms with van der Waals surface area (Å²) in [7, 11) is 1.24. The number of hydrogen-bond donors (Lipinski definition) is 1. The molecule has 0 fully saturated rings. The molecule has 26 heavy (non-hydrogen) atoms. The summed E-state index contributed by atoms with van der Waals surface area (Å²) in [6, 6.07) is 12.9. The molecule has 0 aromatic heterocycles. The molecule has 2 aromatic rings. The van der Waals surface area contributed by atoms with Gasteiger partial charge in [0.2, 0.25) is 0 Å². The zero-order chi connectivity index (χ0) is 19.1. The Morgan fingerprint density at radius 2 is 1.65 bits per heavy atom. The predicted molar refractivity (Wildman–Crippen MR) is 100 cm³/mol. The molecule has 0 atom stereocenters. The lowest BCUT2D eigenvalue weighted by atomic mass is 10.0. The van der Waals surface area contributed by atoms with Gasteiger partial charge in [-0.2, -0.15) is 4.99 Å². The van der Waals surface area contributed by atoms with E-state index in [1.54, 1.807) is 0 Å². The van der Waals surface area contributed by atoms with Crippen LogP contribution in [0.5, 0.6) is 0 Å². The summed E-state index contributed by atoms with van der Waals surface area (Å²) < 4.78 is 9.83. The molecule has 2 aromatic carbocycles. The summed E-state index contributed by atoms with van der Waals surface area (Å²) in [6.45, 7) is 3.85. The molecule has 6 heteroatoms.